The van der Waals surface area contributed by atoms with Gasteiger partial charge < -0.3 is 24.8 Å². The van der Waals surface area contributed by atoms with E-state index in [0.29, 0.717) is 39.6 Å². The van der Waals surface area contributed by atoms with E-state index in [1.165, 1.54) is 63.4 Å². The highest BCUT2D eigenvalue weighted by Crippen LogP contribution is 2.35. The topological polar surface area (TPSA) is 103 Å². The van der Waals surface area contributed by atoms with Crippen molar-refractivity contribution in [2.24, 2.45) is 0 Å². The number of halogens is 1. The van der Waals surface area contributed by atoms with Crippen molar-refractivity contribution < 1.29 is 33.0 Å². The van der Waals surface area contributed by atoms with Gasteiger partial charge in [-0.15, -0.1) is 11.8 Å². The number of carbonyl (C=O) groups is 3. The van der Waals surface area contributed by atoms with Crippen LogP contribution >= 0.6 is 11.8 Å². The van der Waals surface area contributed by atoms with Crippen molar-refractivity contribution in [3.8, 4) is 17.2 Å². The van der Waals surface area contributed by atoms with Gasteiger partial charge in [0.05, 0.1) is 27.1 Å². The number of rotatable bonds is 12. The summed E-state index contributed by atoms with van der Waals surface area (Å²) in [6.45, 7) is 0. The largest absolute Gasteiger partial charge is 0.496 e. The molecule has 0 unspecified atom stereocenters. The molecule has 0 fully saturated rings. The van der Waals surface area contributed by atoms with Crippen LogP contribution in [0.2, 0.25) is 0 Å². The van der Waals surface area contributed by atoms with E-state index in [9.17, 15) is 18.8 Å². The van der Waals surface area contributed by atoms with Crippen LogP contribution in [0.15, 0.2) is 102 Å². The molecule has 0 bridgehead atoms. The molecule has 2 amide bonds. The highest BCUT2D eigenvalue weighted by atomic mass is 32.2. The van der Waals surface area contributed by atoms with Crippen LogP contribution in [0.5, 0.6) is 17.2 Å². The third-order valence-electron chi connectivity index (χ3n) is 6.19. The van der Waals surface area contributed by atoms with Gasteiger partial charge in [0, 0.05) is 33.3 Å². The fraction of sp³-hybridized carbons (Fsp3) is 0.121. The van der Waals surface area contributed by atoms with Crippen LogP contribution < -0.4 is 24.8 Å². The Hall–Kier alpha value is -5.09. The number of hydrogen-bond donors (Lipinski definition) is 2. The molecule has 8 nitrogen and oxygen atoms in total. The zero-order valence-electron chi connectivity index (χ0n) is 23.7. The Morgan fingerprint density at radius 3 is 2.12 bits per heavy atom. The van der Waals surface area contributed by atoms with Gasteiger partial charge in [0.1, 0.15) is 17.3 Å². The van der Waals surface area contributed by atoms with E-state index in [-0.39, 0.29) is 17.2 Å². The summed E-state index contributed by atoms with van der Waals surface area (Å²) in [5, 5.41) is 5.52. The molecule has 2 N–H and O–H groups in total. The number of nitrogens with one attached hydrogen (secondary N) is 2. The second-order valence-electron chi connectivity index (χ2n) is 9.03. The number of ketones is 1. The summed E-state index contributed by atoms with van der Waals surface area (Å²) in [6.07, 6.45) is 1.48. The van der Waals surface area contributed by atoms with Gasteiger partial charge in [-0.2, -0.15) is 0 Å². The van der Waals surface area contributed by atoms with E-state index in [2.05, 4.69) is 10.6 Å². The molecule has 10 heteroatoms. The SMILES string of the molecule is COc1cc(OC)c(OC)cc1/C=C(\NC(=O)c1ccccc1)C(=O)Nc1cccc(SCC(=O)c2ccc(F)cc2)c1. The summed E-state index contributed by atoms with van der Waals surface area (Å²) in [4.78, 5) is 39.9. The molecule has 0 heterocycles. The molecule has 4 aromatic rings. The lowest BCUT2D eigenvalue weighted by atomic mass is 10.1. The first-order chi connectivity index (χ1) is 20.8. The van der Waals surface area contributed by atoms with E-state index < -0.39 is 17.6 Å². The third-order valence-corrected chi connectivity index (χ3v) is 7.19. The molecule has 4 rings (SSSR count). The van der Waals surface area contributed by atoms with Crippen molar-refractivity contribution in [3.05, 3.63) is 119 Å². The van der Waals surface area contributed by atoms with Crippen molar-refractivity contribution in [2.75, 3.05) is 32.4 Å². The summed E-state index contributed by atoms with van der Waals surface area (Å²) in [5.74, 6) is -0.285. The van der Waals surface area contributed by atoms with Crippen LogP contribution in [-0.2, 0) is 4.79 Å². The Morgan fingerprint density at radius 1 is 0.767 bits per heavy atom. The van der Waals surface area contributed by atoms with Crippen molar-refractivity contribution >= 4 is 41.1 Å². The number of carbonyl (C=O) groups excluding carboxylic acids is 3. The molecule has 4 aromatic carbocycles. The minimum absolute atomic E-state index is 0.0519. The van der Waals surface area contributed by atoms with Gasteiger partial charge in [0.25, 0.3) is 11.8 Å². The lowest BCUT2D eigenvalue weighted by Gasteiger charge is -2.15. The Bertz CT molecular complexity index is 1640. The minimum atomic E-state index is -0.592. The first-order valence-electron chi connectivity index (χ1n) is 13.0. The van der Waals surface area contributed by atoms with E-state index in [1.54, 1.807) is 66.7 Å². The predicted molar refractivity (Wildman–Crippen MR) is 165 cm³/mol. The van der Waals surface area contributed by atoms with Crippen molar-refractivity contribution in [3.63, 3.8) is 0 Å². The van der Waals surface area contributed by atoms with Gasteiger partial charge in [-0.3, -0.25) is 14.4 Å². The lowest BCUT2D eigenvalue weighted by molar-refractivity contribution is -0.113. The van der Waals surface area contributed by atoms with Crippen molar-refractivity contribution in [2.45, 2.75) is 4.90 Å². The fourth-order valence-corrected chi connectivity index (χ4v) is 4.84. The molecule has 0 aliphatic rings. The zero-order valence-corrected chi connectivity index (χ0v) is 24.5. The summed E-state index contributed by atoms with van der Waals surface area (Å²) in [7, 11) is 4.46. The Labute approximate surface area is 252 Å². The van der Waals surface area contributed by atoms with Crippen LogP contribution in [0.4, 0.5) is 10.1 Å². The standard InChI is InChI=1S/C33H29FN2O6S/c1-40-29-19-31(42-3)30(41-2)17-23(29)16-27(36-32(38)22-8-5-4-6-9-22)33(39)35-25-10-7-11-26(18-25)43-20-28(37)21-12-14-24(34)15-13-21/h4-19H,20H2,1-3H3,(H,35,39)(H,36,38)/b27-16-. The van der Waals surface area contributed by atoms with Gasteiger partial charge in [-0.25, -0.2) is 4.39 Å². The molecule has 0 spiro atoms. The molecule has 0 atom stereocenters. The van der Waals surface area contributed by atoms with Crippen LogP contribution in [-0.4, -0.2) is 44.7 Å². The van der Waals surface area contributed by atoms with Crippen molar-refractivity contribution in [1.82, 2.24) is 5.32 Å². The predicted octanol–water partition coefficient (Wildman–Crippen LogP) is 6.24. The summed E-state index contributed by atoms with van der Waals surface area (Å²) < 4.78 is 29.5. The number of hydrogen-bond acceptors (Lipinski definition) is 7. The summed E-state index contributed by atoms with van der Waals surface area (Å²) in [5.41, 5.74) is 1.63. The van der Waals surface area contributed by atoms with E-state index in [1.807, 2.05) is 0 Å². The van der Waals surface area contributed by atoms with Crippen LogP contribution in [0.3, 0.4) is 0 Å². The minimum Gasteiger partial charge on any atom is -0.496 e. The number of anilines is 1. The second kappa shape index (κ2) is 14.7. The Balaban J connectivity index is 1.58. The number of amides is 2. The van der Waals surface area contributed by atoms with Crippen LogP contribution in [0, 0.1) is 5.82 Å². The number of methoxy groups -OCH3 is 3. The summed E-state index contributed by atoms with van der Waals surface area (Å²) in [6, 6.07) is 24.1. The van der Waals surface area contributed by atoms with Gasteiger partial charge in [0.15, 0.2) is 17.3 Å². The second-order valence-corrected chi connectivity index (χ2v) is 10.1. The molecule has 0 saturated carbocycles. The smallest absolute Gasteiger partial charge is 0.272 e. The number of Topliss-reactive ketones (excluding diaryl/α,β-unsaturated/α-hetero) is 1. The maximum Gasteiger partial charge on any atom is 0.272 e. The fourth-order valence-electron chi connectivity index (χ4n) is 3.99. The molecule has 220 valence electrons. The third kappa shape index (κ3) is 8.23. The highest BCUT2D eigenvalue weighted by molar-refractivity contribution is 8.00. The zero-order chi connectivity index (χ0) is 30.8. The Kier molecular flexibility index (Phi) is 10.5. The number of thioether (sulfide) groups is 1. The van der Waals surface area contributed by atoms with Gasteiger partial charge in [-0.1, -0.05) is 24.3 Å². The molecule has 0 aliphatic heterocycles. The van der Waals surface area contributed by atoms with Gasteiger partial charge in [-0.05, 0) is 66.7 Å². The van der Waals surface area contributed by atoms with E-state index in [4.69, 9.17) is 14.2 Å². The molecule has 43 heavy (non-hydrogen) atoms. The maximum absolute atomic E-state index is 13.6. The van der Waals surface area contributed by atoms with E-state index in [0.717, 1.165) is 4.90 Å². The molecular weight excluding hydrogens is 571 g/mol. The highest BCUT2D eigenvalue weighted by Gasteiger charge is 2.18. The first-order valence-corrected chi connectivity index (χ1v) is 14.0. The molecular formula is C33H29FN2O6S. The average molecular weight is 601 g/mol. The summed E-state index contributed by atoms with van der Waals surface area (Å²) >= 11 is 1.28. The normalized spacial score (nSPS) is 10.9. The van der Waals surface area contributed by atoms with Gasteiger partial charge >= 0.3 is 0 Å². The molecule has 0 aliphatic carbocycles. The number of ether oxygens (including phenoxy) is 3. The monoisotopic (exact) mass is 600 g/mol. The van der Waals surface area contributed by atoms with Gasteiger partial charge in [0.2, 0.25) is 0 Å². The van der Waals surface area contributed by atoms with Crippen molar-refractivity contribution in [1.29, 1.82) is 0 Å². The average Bonchev–Trinajstić information content (AvgIpc) is 3.03. The number of benzene rings is 4. The molecule has 0 aromatic heterocycles. The maximum atomic E-state index is 13.6. The van der Waals surface area contributed by atoms with E-state index >= 15 is 0 Å². The molecule has 0 radical (unpaired) electrons. The molecule has 0 saturated heterocycles. The quantitative estimate of drug-likeness (QED) is 0.113. The Morgan fingerprint density at radius 2 is 1.44 bits per heavy atom. The van der Waals surface area contributed by atoms with Crippen LogP contribution in [0.1, 0.15) is 26.3 Å². The first kappa shape index (κ1) is 30.9. The lowest BCUT2D eigenvalue weighted by Crippen LogP contribution is -2.30. The van der Waals surface area contributed by atoms with Crippen LogP contribution in [0.25, 0.3) is 6.08 Å².